The number of nitrogens with one attached hydrogen (secondary N) is 2. The molecule has 3 aromatic rings. The molecule has 3 amide bonds. The molecule has 0 saturated heterocycles. The lowest BCUT2D eigenvalue weighted by Crippen LogP contribution is -2.49. The Bertz CT molecular complexity index is 1050. The molecule has 2 heterocycles. The predicted octanol–water partition coefficient (Wildman–Crippen LogP) is 3.06. The number of hydrogen-bond donors (Lipinski definition) is 2. The molecule has 0 saturated carbocycles. The predicted molar refractivity (Wildman–Crippen MR) is 108 cm³/mol. The average Bonchev–Trinajstić information content (AvgIpc) is 3.05. The monoisotopic (exact) mass is 416 g/mol. The summed E-state index contributed by atoms with van der Waals surface area (Å²) >= 11 is 1.20. The van der Waals surface area contributed by atoms with Gasteiger partial charge in [0.15, 0.2) is 5.65 Å². The number of benzene rings is 1. The number of rotatable bonds is 4. The van der Waals surface area contributed by atoms with Crippen LogP contribution in [0.3, 0.4) is 0 Å². The summed E-state index contributed by atoms with van der Waals surface area (Å²) in [4.78, 5) is 32.8. The van der Waals surface area contributed by atoms with E-state index >= 15 is 0 Å². The fraction of sp³-hybridized carbons (Fsp3) is 0.316. The topological polar surface area (TPSA) is 102 Å². The van der Waals surface area contributed by atoms with Gasteiger partial charge in [-0.15, -0.1) is 0 Å². The second kappa shape index (κ2) is 8.16. The highest BCUT2D eigenvalue weighted by Gasteiger charge is 2.22. The van der Waals surface area contributed by atoms with Crippen LogP contribution in [-0.4, -0.2) is 42.5 Å². The third-order valence-corrected chi connectivity index (χ3v) is 4.90. The molecule has 152 valence electrons. The van der Waals surface area contributed by atoms with Crippen LogP contribution in [0.2, 0.25) is 0 Å². The molecule has 0 radical (unpaired) electrons. The molecule has 0 aliphatic rings. The number of thioether (sulfide) groups is 1. The first-order valence-corrected chi connectivity index (χ1v) is 9.76. The Hall–Kier alpha value is -3.01. The molecule has 0 unspecified atom stereocenters. The van der Waals surface area contributed by atoms with Crippen LogP contribution >= 0.6 is 11.8 Å². The molecular weight excluding hydrogens is 395 g/mol. The molecule has 0 aliphatic heterocycles. The number of aromatic nitrogens is 4. The zero-order valence-electron chi connectivity index (χ0n) is 16.4. The van der Waals surface area contributed by atoms with Crippen LogP contribution in [0.25, 0.3) is 16.7 Å². The Morgan fingerprint density at radius 3 is 2.52 bits per heavy atom. The Kier molecular flexibility index (Phi) is 5.83. The van der Waals surface area contributed by atoms with E-state index in [1.165, 1.54) is 30.2 Å². The standard InChI is InChI=1S/C19H21FN6O2S/c1-11(16(27)24-18(28)25-19(2,3)4)29-17-14-9-23-26(15(14)21-10-22-17)13-7-5-12(20)6-8-13/h5-11H,1-4H3,(H2,24,25,27,28)/t11-/m1/s1. The van der Waals surface area contributed by atoms with E-state index in [4.69, 9.17) is 0 Å². The van der Waals surface area contributed by atoms with Gasteiger partial charge in [0.2, 0.25) is 5.91 Å². The number of imide groups is 1. The van der Waals surface area contributed by atoms with E-state index in [0.717, 1.165) is 0 Å². The normalized spacial score (nSPS) is 12.6. The second-order valence-electron chi connectivity index (χ2n) is 7.40. The largest absolute Gasteiger partial charge is 0.333 e. The van der Waals surface area contributed by atoms with Gasteiger partial charge in [0.05, 0.1) is 22.5 Å². The van der Waals surface area contributed by atoms with Gasteiger partial charge in [0, 0.05) is 5.54 Å². The lowest BCUT2D eigenvalue weighted by Gasteiger charge is -2.21. The molecule has 2 aromatic heterocycles. The summed E-state index contributed by atoms with van der Waals surface area (Å²) in [5, 5.41) is 9.95. The third kappa shape index (κ3) is 5.08. The van der Waals surface area contributed by atoms with Gasteiger partial charge in [-0.05, 0) is 52.0 Å². The zero-order chi connectivity index (χ0) is 21.2. The molecule has 0 aliphatic carbocycles. The van der Waals surface area contributed by atoms with E-state index in [1.54, 1.807) is 29.9 Å². The molecule has 8 nitrogen and oxygen atoms in total. The highest BCUT2D eigenvalue weighted by molar-refractivity contribution is 8.00. The first kappa shape index (κ1) is 20.7. The van der Waals surface area contributed by atoms with Crippen LogP contribution in [0.1, 0.15) is 27.7 Å². The maximum atomic E-state index is 13.2. The molecule has 10 heteroatoms. The lowest BCUT2D eigenvalue weighted by atomic mass is 10.1. The minimum Gasteiger partial charge on any atom is -0.333 e. The molecule has 0 spiro atoms. The van der Waals surface area contributed by atoms with E-state index < -0.39 is 22.7 Å². The Balaban J connectivity index is 1.77. The number of fused-ring (bicyclic) bond motifs is 1. The Labute approximate surface area is 171 Å². The lowest BCUT2D eigenvalue weighted by molar-refractivity contribution is -0.119. The van der Waals surface area contributed by atoms with Crippen molar-refractivity contribution in [2.24, 2.45) is 0 Å². The van der Waals surface area contributed by atoms with Crippen molar-refractivity contribution >= 4 is 34.7 Å². The van der Waals surface area contributed by atoms with Crippen molar-refractivity contribution in [1.29, 1.82) is 0 Å². The second-order valence-corrected chi connectivity index (χ2v) is 8.73. The van der Waals surface area contributed by atoms with E-state index in [2.05, 4.69) is 25.7 Å². The van der Waals surface area contributed by atoms with Crippen molar-refractivity contribution in [2.75, 3.05) is 0 Å². The fourth-order valence-electron chi connectivity index (χ4n) is 2.49. The van der Waals surface area contributed by atoms with Crippen molar-refractivity contribution in [3.05, 3.63) is 42.6 Å². The van der Waals surface area contributed by atoms with Gasteiger partial charge >= 0.3 is 6.03 Å². The molecule has 0 bridgehead atoms. The molecular formula is C19H21FN6O2S. The number of urea groups is 1. The van der Waals surface area contributed by atoms with Gasteiger partial charge in [-0.1, -0.05) is 11.8 Å². The average molecular weight is 416 g/mol. The SMILES string of the molecule is C[C@@H](Sc1ncnc2c1cnn2-c1ccc(F)cc1)C(=O)NC(=O)NC(C)(C)C. The molecule has 2 N–H and O–H groups in total. The number of hydrogen-bond acceptors (Lipinski definition) is 6. The summed E-state index contributed by atoms with van der Waals surface area (Å²) in [5.41, 5.74) is 0.738. The van der Waals surface area contributed by atoms with Crippen LogP contribution in [0.5, 0.6) is 0 Å². The van der Waals surface area contributed by atoms with Crippen molar-refractivity contribution < 1.29 is 14.0 Å². The third-order valence-electron chi connectivity index (χ3n) is 3.78. The Morgan fingerprint density at radius 2 is 1.86 bits per heavy atom. The number of carbonyl (C=O) groups excluding carboxylic acids is 2. The van der Waals surface area contributed by atoms with E-state index in [1.807, 2.05) is 20.8 Å². The number of halogens is 1. The first-order valence-electron chi connectivity index (χ1n) is 8.88. The molecule has 29 heavy (non-hydrogen) atoms. The van der Waals surface area contributed by atoms with Gasteiger partial charge in [-0.2, -0.15) is 5.10 Å². The van der Waals surface area contributed by atoms with Crippen LogP contribution < -0.4 is 10.6 Å². The van der Waals surface area contributed by atoms with Crippen LogP contribution in [0, 0.1) is 5.82 Å². The van der Waals surface area contributed by atoms with Gasteiger partial charge in [0.1, 0.15) is 17.2 Å². The summed E-state index contributed by atoms with van der Waals surface area (Å²) < 4.78 is 14.8. The Morgan fingerprint density at radius 1 is 1.17 bits per heavy atom. The maximum Gasteiger partial charge on any atom is 0.321 e. The minimum atomic E-state index is -0.576. The number of nitrogens with zero attached hydrogens (tertiary/aromatic N) is 4. The van der Waals surface area contributed by atoms with Crippen molar-refractivity contribution in [3.63, 3.8) is 0 Å². The van der Waals surface area contributed by atoms with E-state index in [-0.39, 0.29) is 5.82 Å². The summed E-state index contributed by atoms with van der Waals surface area (Å²) in [7, 11) is 0. The van der Waals surface area contributed by atoms with Gasteiger partial charge < -0.3 is 5.32 Å². The van der Waals surface area contributed by atoms with Crippen molar-refractivity contribution in [2.45, 2.75) is 43.5 Å². The molecule has 1 atom stereocenters. The van der Waals surface area contributed by atoms with Crippen molar-refractivity contribution in [1.82, 2.24) is 30.4 Å². The molecule has 3 rings (SSSR count). The minimum absolute atomic E-state index is 0.341. The summed E-state index contributed by atoms with van der Waals surface area (Å²) in [6, 6.07) is 5.33. The number of carbonyl (C=O) groups is 2. The van der Waals surface area contributed by atoms with Crippen LogP contribution in [0.4, 0.5) is 9.18 Å². The highest BCUT2D eigenvalue weighted by Crippen LogP contribution is 2.28. The van der Waals surface area contributed by atoms with Crippen molar-refractivity contribution in [3.8, 4) is 5.69 Å². The quantitative estimate of drug-likeness (QED) is 0.501. The highest BCUT2D eigenvalue weighted by atomic mass is 32.2. The molecule has 0 fully saturated rings. The van der Waals surface area contributed by atoms with Gasteiger partial charge in [-0.3, -0.25) is 10.1 Å². The van der Waals surface area contributed by atoms with Crippen LogP contribution in [-0.2, 0) is 4.79 Å². The first-order chi connectivity index (χ1) is 13.6. The summed E-state index contributed by atoms with van der Waals surface area (Å²) in [6.07, 6.45) is 2.97. The van der Waals surface area contributed by atoms with Gasteiger partial charge in [0.25, 0.3) is 0 Å². The smallest absolute Gasteiger partial charge is 0.321 e. The number of amides is 3. The van der Waals surface area contributed by atoms with E-state index in [0.29, 0.717) is 21.7 Å². The maximum absolute atomic E-state index is 13.2. The van der Waals surface area contributed by atoms with Gasteiger partial charge in [-0.25, -0.2) is 23.8 Å². The fourth-order valence-corrected chi connectivity index (χ4v) is 3.37. The summed E-state index contributed by atoms with van der Waals surface area (Å²) in [5.74, 6) is -0.777. The van der Waals surface area contributed by atoms with Crippen LogP contribution in [0.15, 0.2) is 41.8 Å². The molecule has 1 aromatic carbocycles. The summed E-state index contributed by atoms with van der Waals surface area (Å²) in [6.45, 7) is 7.16. The zero-order valence-corrected chi connectivity index (χ0v) is 17.2. The van der Waals surface area contributed by atoms with E-state index in [9.17, 15) is 14.0 Å².